The number of hydrogen-bond acceptors (Lipinski definition) is 2. The third-order valence-electron chi connectivity index (χ3n) is 4.73. The standard InChI is InChI=1S/C20H20ClN3O/c1-13-10-16(5-7-19(13)24-8-2-3-9-24)22-20(25)18-12-14-11-15(21)4-6-17(14)23-18/h4-7,10-12,23H,2-3,8-9H2,1H3,(H,22,25). The smallest absolute Gasteiger partial charge is 0.272 e. The molecule has 2 aromatic carbocycles. The number of rotatable bonds is 3. The molecule has 4 rings (SSSR count). The predicted octanol–water partition coefficient (Wildman–Crippen LogP) is 4.98. The summed E-state index contributed by atoms with van der Waals surface area (Å²) in [5.41, 5.74) is 4.68. The Morgan fingerprint density at radius 1 is 1.12 bits per heavy atom. The van der Waals surface area contributed by atoms with E-state index in [2.05, 4.69) is 28.2 Å². The SMILES string of the molecule is Cc1cc(NC(=O)c2cc3cc(Cl)ccc3[nH]2)ccc1N1CCCC1. The molecule has 2 N–H and O–H groups in total. The quantitative estimate of drug-likeness (QED) is 0.697. The van der Waals surface area contributed by atoms with Gasteiger partial charge in [0.1, 0.15) is 5.69 Å². The van der Waals surface area contributed by atoms with Gasteiger partial charge in [-0.1, -0.05) is 11.6 Å². The third kappa shape index (κ3) is 3.22. The predicted molar refractivity (Wildman–Crippen MR) is 104 cm³/mol. The van der Waals surface area contributed by atoms with Crippen LogP contribution in [0.3, 0.4) is 0 Å². The van der Waals surface area contributed by atoms with E-state index < -0.39 is 0 Å². The number of hydrogen-bond donors (Lipinski definition) is 2. The topological polar surface area (TPSA) is 48.1 Å². The van der Waals surface area contributed by atoms with E-state index in [1.165, 1.54) is 24.1 Å². The highest BCUT2D eigenvalue weighted by atomic mass is 35.5. The zero-order chi connectivity index (χ0) is 17.4. The van der Waals surface area contributed by atoms with E-state index in [0.717, 1.165) is 29.7 Å². The number of H-pyrrole nitrogens is 1. The molecule has 25 heavy (non-hydrogen) atoms. The fourth-order valence-electron chi connectivity index (χ4n) is 3.47. The fourth-order valence-corrected chi connectivity index (χ4v) is 3.65. The summed E-state index contributed by atoms with van der Waals surface area (Å²) in [6.07, 6.45) is 2.50. The number of nitrogens with zero attached hydrogens (tertiary/aromatic N) is 1. The van der Waals surface area contributed by atoms with Crippen LogP contribution in [0.25, 0.3) is 10.9 Å². The zero-order valence-electron chi connectivity index (χ0n) is 14.1. The largest absolute Gasteiger partial charge is 0.371 e. The van der Waals surface area contributed by atoms with Crippen LogP contribution in [0.2, 0.25) is 5.02 Å². The molecule has 2 heterocycles. The first-order valence-corrected chi connectivity index (χ1v) is 8.93. The van der Waals surface area contributed by atoms with Gasteiger partial charge in [0.15, 0.2) is 0 Å². The van der Waals surface area contributed by atoms with Crippen molar-refractivity contribution < 1.29 is 4.79 Å². The van der Waals surface area contributed by atoms with Crippen molar-refractivity contribution in [1.29, 1.82) is 0 Å². The Balaban J connectivity index is 1.54. The minimum absolute atomic E-state index is 0.152. The molecule has 1 saturated heterocycles. The van der Waals surface area contributed by atoms with Crippen LogP contribution in [0.5, 0.6) is 0 Å². The zero-order valence-corrected chi connectivity index (χ0v) is 14.9. The second kappa shape index (κ2) is 6.45. The number of anilines is 2. The molecule has 128 valence electrons. The van der Waals surface area contributed by atoms with E-state index in [0.29, 0.717) is 10.7 Å². The van der Waals surface area contributed by atoms with Crippen molar-refractivity contribution in [3.63, 3.8) is 0 Å². The van der Waals surface area contributed by atoms with Crippen molar-refractivity contribution in [3.05, 3.63) is 58.7 Å². The van der Waals surface area contributed by atoms with Gasteiger partial charge in [-0.2, -0.15) is 0 Å². The number of aryl methyl sites for hydroxylation is 1. The molecule has 4 nitrogen and oxygen atoms in total. The van der Waals surface area contributed by atoms with Crippen molar-refractivity contribution in [2.45, 2.75) is 19.8 Å². The summed E-state index contributed by atoms with van der Waals surface area (Å²) in [6.45, 7) is 4.32. The summed E-state index contributed by atoms with van der Waals surface area (Å²) in [4.78, 5) is 18.1. The van der Waals surface area contributed by atoms with Gasteiger partial charge < -0.3 is 15.2 Å². The molecule has 1 fully saturated rings. The molecular weight excluding hydrogens is 334 g/mol. The van der Waals surface area contributed by atoms with Gasteiger partial charge in [-0.05, 0) is 67.8 Å². The normalized spacial score (nSPS) is 14.2. The molecule has 0 bridgehead atoms. The first-order chi connectivity index (χ1) is 12.1. The average Bonchev–Trinajstić information content (AvgIpc) is 3.23. The van der Waals surface area contributed by atoms with Crippen LogP contribution in [-0.4, -0.2) is 24.0 Å². The number of fused-ring (bicyclic) bond motifs is 1. The lowest BCUT2D eigenvalue weighted by atomic mass is 10.1. The van der Waals surface area contributed by atoms with Gasteiger partial charge in [0.2, 0.25) is 0 Å². The monoisotopic (exact) mass is 353 g/mol. The first-order valence-electron chi connectivity index (χ1n) is 8.55. The molecule has 0 atom stereocenters. The Bertz CT molecular complexity index is 941. The number of benzene rings is 2. The Morgan fingerprint density at radius 3 is 2.68 bits per heavy atom. The summed E-state index contributed by atoms with van der Waals surface area (Å²) < 4.78 is 0. The summed E-state index contributed by atoms with van der Waals surface area (Å²) >= 11 is 6.00. The molecule has 0 saturated carbocycles. The number of amides is 1. The highest BCUT2D eigenvalue weighted by Crippen LogP contribution is 2.27. The second-order valence-electron chi connectivity index (χ2n) is 6.56. The average molecular weight is 354 g/mol. The lowest BCUT2D eigenvalue weighted by Gasteiger charge is -2.20. The minimum atomic E-state index is -0.152. The number of aromatic nitrogens is 1. The first kappa shape index (κ1) is 16.0. The van der Waals surface area contributed by atoms with Gasteiger partial charge in [0.25, 0.3) is 5.91 Å². The molecular formula is C20H20ClN3O. The second-order valence-corrected chi connectivity index (χ2v) is 7.00. The van der Waals surface area contributed by atoms with E-state index in [1.54, 1.807) is 0 Å². The van der Waals surface area contributed by atoms with Crippen molar-refractivity contribution >= 4 is 39.8 Å². The van der Waals surface area contributed by atoms with Crippen LogP contribution in [-0.2, 0) is 0 Å². The van der Waals surface area contributed by atoms with Gasteiger partial charge in [-0.3, -0.25) is 4.79 Å². The number of carbonyl (C=O) groups excluding carboxylic acids is 1. The molecule has 1 amide bonds. The molecule has 1 aromatic heterocycles. The molecule has 0 radical (unpaired) electrons. The van der Waals surface area contributed by atoms with Gasteiger partial charge >= 0.3 is 0 Å². The summed E-state index contributed by atoms with van der Waals surface area (Å²) in [7, 11) is 0. The maximum Gasteiger partial charge on any atom is 0.272 e. The Kier molecular flexibility index (Phi) is 4.14. The maximum absolute atomic E-state index is 12.5. The van der Waals surface area contributed by atoms with Crippen LogP contribution in [0.1, 0.15) is 28.9 Å². The third-order valence-corrected chi connectivity index (χ3v) is 4.96. The van der Waals surface area contributed by atoms with Crippen LogP contribution < -0.4 is 10.2 Å². The van der Waals surface area contributed by atoms with E-state index in [1.807, 2.05) is 36.4 Å². The number of nitrogens with one attached hydrogen (secondary N) is 2. The molecule has 1 aliphatic rings. The summed E-state index contributed by atoms with van der Waals surface area (Å²) in [5, 5.41) is 4.56. The van der Waals surface area contributed by atoms with Crippen molar-refractivity contribution in [2.75, 3.05) is 23.3 Å². The maximum atomic E-state index is 12.5. The highest BCUT2D eigenvalue weighted by Gasteiger charge is 2.15. The number of carbonyl (C=O) groups is 1. The van der Waals surface area contributed by atoms with Crippen LogP contribution in [0.4, 0.5) is 11.4 Å². The molecule has 0 aliphatic carbocycles. The summed E-state index contributed by atoms with van der Waals surface area (Å²) in [5.74, 6) is -0.152. The molecule has 5 heteroatoms. The van der Waals surface area contributed by atoms with E-state index >= 15 is 0 Å². The summed E-state index contributed by atoms with van der Waals surface area (Å²) in [6, 6.07) is 13.5. The highest BCUT2D eigenvalue weighted by molar-refractivity contribution is 6.31. The van der Waals surface area contributed by atoms with Crippen LogP contribution in [0.15, 0.2) is 42.5 Å². The van der Waals surface area contributed by atoms with Crippen molar-refractivity contribution in [2.24, 2.45) is 0 Å². The Morgan fingerprint density at radius 2 is 1.92 bits per heavy atom. The number of halogens is 1. The van der Waals surface area contributed by atoms with E-state index in [-0.39, 0.29) is 5.91 Å². The fraction of sp³-hybridized carbons (Fsp3) is 0.250. The lowest BCUT2D eigenvalue weighted by molar-refractivity contribution is 0.102. The Labute approximate surface area is 151 Å². The molecule has 0 spiro atoms. The molecule has 3 aromatic rings. The van der Waals surface area contributed by atoms with Crippen LogP contribution in [0, 0.1) is 6.92 Å². The Hall–Kier alpha value is -2.46. The van der Waals surface area contributed by atoms with Crippen molar-refractivity contribution in [3.8, 4) is 0 Å². The van der Waals surface area contributed by atoms with E-state index in [9.17, 15) is 4.79 Å². The van der Waals surface area contributed by atoms with E-state index in [4.69, 9.17) is 11.6 Å². The van der Waals surface area contributed by atoms with Crippen molar-refractivity contribution in [1.82, 2.24) is 4.98 Å². The van der Waals surface area contributed by atoms with Gasteiger partial charge in [0, 0.05) is 40.4 Å². The number of aromatic amines is 1. The molecule has 0 unspecified atom stereocenters. The van der Waals surface area contributed by atoms with Crippen LogP contribution >= 0.6 is 11.6 Å². The van der Waals surface area contributed by atoms with Gasteiger partial charge in [-0.15, -0.1) is 0 Å². The van der Waals surface area contributed by atoms with Gasteiger partial charge in [-0.25, -0.2) is 0 Å². The lowest BCUT2D eigenvalue weighted by Crippen LogP contribution is -2.19. The van der Waals surface area contributed by atoms with Gasteiger partial charge in [0.05, 0.1) is 0 Å². The minimum Gasteiger partial charge on any atom is -0.371 e. The molecule has 1 aliphatic heterocycles.